The molecule has 1 atom stereocenters. The number of benzene rings is 1. The molecule has 1 fully saturated rings. The molecule has 1 aromatic carbocycles. The smallest absolute Gasteiger partial charge is 0.224 e. The molecule has 2 N–H and O–H groups in total. The van der Waals surface area contributed by atoms with Gasteiger partial charge in [-0.2, -0.15) is 4.98 Å². The van der Waals surface area contributed by atoms with Crippen LogP contribution in [0.2, 0.25) is 0 Å². The maximum absolute atomic E-state index is 12.7. The van der Waals surface area contributed by atoms with Crippen LogP contribution in [0.15, 0.2) is 30.5 Å². The largest absolute Gasteiger partial charge is 0.497 e. The number of hydrogen-bond donors (Lipinski definition) is 2. The van der Waals surface area contributed by atoms with Gasteiger partial charge >= 0.3 is 0 Å². The van der Waals surface area contributed by atoms with Crippen LogP contribution in [-0.2, 0) is 4.79 Å². The molecule has 0 spiro atoms. The summed E-state index contributed by atoms with van der Waals surface area (Å²) in [5.74, 6) is 2.59. The highest BCUT2D eigenvalue weighted by atomic mass is 16.5. The van der Waals surface area contributed by atoms with Gasteiger partial charge in [-0.05, 0) is 57.2 Å². The molecule has 1 aromatic heterocycles. The molecule has 7 heteroatoms. The van der Waals surface area contributed by atoms with Crippen molar-refractivity contribution in [2.24, 2.45) is 5.92 Å². The van der Waals surface area contributed by atoms with Crippen molar-refractivity contribution in [3.05, 3.63) is 41.6 Å². The van der Waals surface area contributed by atoms with E-state index in [1.54, 1.807) is 7.11 Å². The Morgan fingerprint density at radius 2 is 1.83 bits per heavy atom. The average Bonchev–Trinajstić information content (AvgIpc) is 2.75. The fraction of sp³-hybridized carbons (Fsp3) is 0.522. The second-order valence-electron chi connectivity index (χ2n) is 8.29. The number of aryl methyl sites for hydroxylation is 1. The van der Waals surface area contributed by atoms with E-state index in [2.05, 4.69) is 20.6 Å². The highest BCUT2D eigenvalue weighted by Crippen LogP contribution is 2.28. The molecule has 0 bridgehead atoms. The molecule has 2 aromatic rings. The quantitative estimate of drug-likeness (QED) is 0.723. The topological polar surface area (TPSA) is 79.4 Å². The van der Waals surface area contributed by atoms with Crippen molar-refractivity contribution in [1.82, 2.24) is 15.3 Å². The highest BCUT2D eigenvalue weighted by molar-refractivity contribution is 5.79. The maximum Gasteiger partial charge on any atom is 0.224 e. The number of anilines is 2. The Hall–Kier alpha value is -2.83. The van der Waals surface area contributed by atoms with Crippen LogP contribution in [0.1, 0.15) is 49.8 Å². The Morgan fingerprint density at radius 1 is 1.17 bits per heavy atom. The Morgan fingerprint density at radius 3 is 2.43 bits per heavy atom. The Bertz CT molecular complexity index is 845. The van der Waals surface area contributed by atoms with E-state index < -0.39 is 0 Å². The van der Waals surface area contributed by atoms with Crippen molar-refractivity contribution in [2.45, 2.75) is 51.6 Å². The maximum atomic E-state index is 12.7. The first kappa shape index (κ1) is 21.9. The number of methoxy groups -OCH3 is 1. The van der Waals surface area contributed by atoms with E-state index in [1.807, 2.05) is 63.3 Å². The third-order valence-electron chi connectivity index (χ3n) is 5.77. The van der Waals surface area contributed by atoms with Gasteiger partial charge in [0, 0.05) is 37.8 Å². The summed E-state index contributed by atoms with van der Waals surface area (Å²) in [7, 11) is 5.61. The molecule has 30 heavy (non-hydrogen) atoms. The molecule has 3 rings (SSSR count). The van der Waals surface area contributed by atoms with E-state index in [1.165, 1.54) is 0 Å². The predicted octanol–water partition coefficient (Wildman–Crippen LogP) is 3.71. The van der Waals surface area contributed by atoms with Crippen LogP contribution in [0.25, 0.3) is 0 Å². The molecule has 7 nitrogen and oxygen atoms in total. The van der Waals surface area contributed by atoms with Gasteiger partial charge in [-0.3, -0.25) is 4.79 Å². The van der Waals surface area contributed by atoms with Gasteiger partial charge in [0.15, 0.2) is 0 Å². The number of nitrogens with zero attached hydrogens (tertiary/aromatic N) is 3. The molecular weight excluding hydrogens is 378 g/mol. The molecule has 1 aliphatic rings. The fourth-order valence-corrected chi connectivity index (χ4v) is 3.94. The molecule has 1 unspecified atom stereocenters. The van der Waals surface area contributed by atoms with Gasteiger partial charge in [0.2, 0.25) is 11.9 Å². The van der Waals surface area contributed by atoms with E-state index >= 15 is 0 Å². The second-order valence-corrected chi connectivity index (χ2v) is 8.29. The number of nitrogens with one attached hydrogen (secondary N) is 2. The summed E-state index contributed by atoms with van der Waals surface area (Å²) in [5, 5.41) is 6.61. The van der Waals surface area contributed by atoms with Crippen molar-refractivity contribution >= 4 is 17.7 Å². The van der Waals surface area contributed by atoms with Crippen molar-refractivity contribution in [3.63, 3.8) is 0 Å². The van der Waals surface area contributed by atoms with Gasteiger partial charge in [0.25, 0.3) is 0 Å². The summed E-state index contributed by atoms with van der Waals surface area (Å²) >= 11 is 0. The van der Waals surface area contributed by atoms with Crippen LogP contribution in [0, 0.1) is 12.8 Å². The van der Waals surface area contributed by atoms with Crippen molar-refractivity contribution < 1.29 is 9.53 Å². The summed E-state index contributed by atoms with van der Waals surface area (Å²) in [6, 6.07) is 8.10. The zero-order valence-electron chi connectivity index (χ0n) is 18.6. The highest BCUT2D eigenvalue weighted by Gasteiger charge is 2.27. The van der Waals surface area contributed by atoms with Crippen LogP contribution in [0.3, 0.4) is 0 Å². The van der Waals surface area contributed by atoms with E-state index in [0.717, 1.165) is 48.4 Å². The zero-order chi connectivity index (χ0) is 21.7. The van der Waals surface area contributed by atoms with E-state index in [4.69, 9.17) is 4.74 Å². The number of carbonyl (C=O) groups is 1. The van der Waals surface area contributed by atoms with Crippen LogP contribution in [0.5, 0.6) is 5.75 Å². The number of ether oxygens (including phenoxy) is 1. The summed E-state index contributed by atoms with van der Waals surface area (Å²) < 4.78 is 5.20. The van der Waals surface area contributed by atoms with Gasteiger partial charge in [0.1, 0.15) is 11.6 Å². The van der Waals surface area contributed by atoms with Gasteiger partial charge < -0.3 is 20.3 Å². The van der Waals surface area contributed by atoms with Gasteiger partial charge in [-0.1, -0.05) is 12.1 Å². The average molecular weight is 412 g/mol. The molecule has 0 aliphatic heterocycles. The predicted molar refractivity (Wildman–Crippen MR) is 120 cm³/mol. The Kier molecular flexibility index (Phi) is 7.13. The zero-order valence-corrected chi connectivity index (χ0v) is 18.6. The molecule has 0 radical (unpaired) electrons. The molecule has 1 aliphatic carbocycles. The number of carbonyl (C=O) groups excluding carboxylic acids is 1. The van der Waals surface area contributed by atoms with Crippen molar-refractivity contribution in [1.29, 1.82) is 0 Å². The van der Waals surface area contributed by atoms with Crippen LogP contribution in [0.4, 0.5) is 11.8 Å². The third kappa shape index (κ3) is 5.40. The number of amides is 1. The number of rotatable bonds is 7. The Labute approximate surface area is 179 Å². The summed E-state index contributed by atoms with van der Waals surface area (Å²) in [6.07, 6.45) is 5.45. The van der Waals surface area contributed by atoms with Crippen molar-refractivity contribution in [3.8, 4) is 5.75 Å². The third-order valence-corrected chi connectivity index (χ3v) is 5.77. The lowest BCUT2D eigenvalue weighted by Crippen LogP contribution is -2.37. The lowest BCUT2D eigenvalue weighted by atomic mass is 9.85. The SMILES string of the molecule is COc1ccc(C(C)NC(=O)[C@H]2CC[C@@H](Nc3ncc(C)c(N(C)C)n3)CC2)cc1. The van der Waals surface area contributed by atoms with Crippen molar-refractivity contribution in [2.75, 3.05) is 31.4 Å². The van der Waals surface area contributed by atoms with Gasteiger partial charge in [-0.25, -0.2) is 4.98 Å². The molecule has 162 valence electrons. The van der Waals surface area contributed by atoms with E-state index in [-0.39, 0.29) is 17.9 Å². The monoisotopic (exact) mass is 411 g/mol. The van der Waals surface area contributed by atoms with Crippen LogP contribution >= 0.6 is 0 Å². The summed E-state index contributed by atoms with van der Waals surface area (Å²) in [4.78, 5) is 23.8. The normalized spacial score (nSPS) is 19.6. The molecule has 1 saturated carbocycles. The fourth-order valence-electron chi connectivity index (χ4n) is 3.94. The van der Waals surface area contributed by atoms with Crippen LogP contribution in [-0.4, -0.2) is 43.1 Å². The summed E-state index contributed by atoms with van der Waals surface area (Å²) in [6.45, 7) is 4.03. The van der Waals surface area contributed by atoms with Gasteiger partial charge in [0.05, 0.1) is 13.2 Å². The Balaban J connectivity index is 1.50. The minimum absolute atomic E-state index is 0.0235. The lowest BCUT2D eigenvalue weighted by Gasteiger charge is -2.29. The molecule has 1 heterocycles. The second kappa shape index (κ2) is 9.78. The van der Waals surface area contributed by atoms with Crippen LogP contribution < -0.4 is 20.3 Å². The van der Waals surface area contributed by atoms with E-state index in [9.17, 15) is 4.79 Å². The summed E-state index contributed by atoms with van der Waals surface area (Å²) in [5.41, 5.74) is 2.13. The lowest BCUT2D eigenvalue weighted by molar-refractivity contribution is -0.126. The molecule has 1 amide bonds. The number of aromatic nitrogens is 2. The first-order valence-corrected chi connectivity index (χ1v) is 10.6. The standard InChI is InChI=1S/C23H33N5O2/c1-15-14-24-23(27-21(15)28(3)4)26-19-10-6-18(7-11-19)22(29)25-16(2)17-8-12-20(30-5)13-9-17/h8-9,12-14,16,18-19H,6-7,10-11H2,1-5H3,(H,25,29)(H,24,26,27)/t16?,18-,19+. The number of hydrogen-bond acceptors (Lipinski definition) is 6. The minimum atomic E-state index is -0.0235. The molecule has 0 saturated heterocycles. The van der Waals surface area contributed by atoms with Gasteiger partial charge in [-0.15, -0.1) is 0 Å². The minimum Gasteiger partial charge on any atom is -0.497 e. The first-order chi connectivity index (χ1) is 14.4. The van der Waals surface area contributed by atoms with E-state index in [0.29, 0.717) is 12.0 Å². The first-order valence-electron chi connectivity index (χ1n) is 10.6. The molecular formula is C23H33N5O2.